The number of para-hydroxylation sites is 1. The van der Waals surface area contributed by atoms with E-state index in [2.05, 4.69) is 10.3 Å². The Labute approximate surface area is 215 Å². The Morgan fingerprint density at radius 3 is 2.47 bits per heavy atom. The third-order valence-electron chi connectivity index (χ3n) is 7.52. The molecular formula is C27H29F7N4. The lowest BCUT2D eigenvalue weighted by molar-refractivity contribution is -0.155. The minimum Gasteiger partial charge on any atom is -0.378 e. The monoisotopic (exact) mass is 542 g/mol. The van der Waals surface area contributed by atoms with Crippen LogP contribution in [-0.4, -0.2) is 72.1 Å². The summed E-state index contributed by atoms with van der Waals surface area (Å²) in [7, 11) is 0. The molecule has 4 atom stereocenters. The average Bonchev–Trinajstić information content (AvgIpc) is 3.38. The largest absolute Gasteiger partial charge is 0.401 e. The van der Waals surface area contributed by atoms with Gasteiger partial charge in [-0.2, -0.15) is 13.2 Å². The van der Waals surface area contributed by atoms with E-state index in [1.54, 1.807) is 30.0 Å². The minimum absolute atomic E-state index is 0.00755. The molecule has 1 aromatic heterocycles. The number of likely N-dealkylation sites (tertiary alicyclic amines) is 1. The van der Waals surface area contributed by atoms with Crippen molar-refractivity contribution in [3.05, 3.63) is 64.9 Å². The zero-order valence-electron chi connectivity index (χ0n) is 20.8. The van der Waals surface area contributed by atoms with Crippen LogP contribution in [0.2, 0.25) is 0 Å². The number of alkyl halides is 5. The van der Waals surface area contributed by atoms with Gasteiger partial charge in [-0.1, -0.05) is 18.2 Å². The van der Waals surface area contributed by atoms with Gasteiger partial charge in [0.15, 0.2) is 0 Å². The molecule has 3 aromatic rings. The van der Waals surface area contributed by atoms with E-state index in [1.165, 1.54) is 0 Å². The average molecular weight is 543 g/mol. The Bertz CT molecular complexity index is 1270. The van der Waals surface area contributed by atoms with Crippen LogP contribution in [0.1, 0.15) is 36.2 Å². The Hall–Kier alpha value is -2.79. The van der Waals surface area contributed by atoms with Crippen molar-refractivity contribution in [3.8, 4) is 0 Å². The highest BCUT2D eigenvalue weighted by molar-refractivity contribution is 5.85. The van der Waals surface area contributed by atoms with E-state index in [1.807, 2.05) is 6.07 Å². The quantitative estimate of drug-likeness (QED) is 0.352. The molecule has 2 aliphatic heterocycles. The van der Waals surface area contributed by atoms with Crippen LogP contribution < -0.4 is 5.32 Å². The molecule has 206 valence electrons. The first kappa shape index (κ1) is 26.8. The van der Waals surface area contributed by atoms with Crippen molar-refractivity contribution in [2.75, 3.05) is 38.2 Å². The van der Waals surface area contributed by atoms with Crippen molar-refractivity contribution in [2.45, 2.75) is 50.2 Å². The molecule has 0 saturated carbocycles. The fraction of sp³-hybridized carbons (Fsp3) is 0.481. The van der Waals surface area contributed by atoms with Crippen LogP contribution in [-0.2, 0) is 6.42 Å². The van der Waals surface area contributed by atoms with Gasteiger partial charge in [0.2, 0.25) is 0 Å². The van der Waals surface area contributed by atoms with Gasteiger partial charge in [-0.05, 0) is 43.5 Å². The molecule has 2 aromatic carbocycles. The number of anilines is 1. The van der Waals surface area contributed by atoms with Crippen LogP contribution in [0.5, 0.6) is 0 Å². The molecule has 2 aliphatic rings. The number of fused-ring (bicyclic) bond motifs is 3. The minimum atomic E-state index is -4.59. The number of rotatable bonds is 7. The van der Waals surface area contributed by atoms with Gasteiger partial charge in [0.25, 0.3) is 0 Å². The predicted molar refractivity (Wildman–Crippen MR) is 132 cm³/mol. The van der Waals surface area contributed by atoms with E-state index in [-0.39, 0.29) is 31.6 Å². The van der Waals surface area contributed by atoms with Gasteiger partial charge >= 0.3 is 6.18 Å². The first-order chi connectivity index (χ1) is 18.1. The molecule has 2 N–H and O–H groups in total. The molecule has 3 heterocycles. The Morgan fingerprint density at radius 2 is 1.79 bits per heavy atom. The van der Waals surface area contributed by atoms with Crippen molar-refractivity contribution in [3.63, 3.8) is 0 Å². The second kappa shape index (κ2) is 10.4. The Morgan fingerprint density at radius 1 is 1.08 bits per heavy atom. The Kier molecular flexibility index (Phi) is 7.34. The molecule has 0 amide bonds. The van der Waals surface area contributed by atoms with Crippen LogP contribution in [0.25, 0.3) is 10.9 Å². The molecule has 4 nitrogen and oxygen atoms in total. The molecule has 0 bridgehead atoms. The van der Waals surface area contributed by atoms with Gasteiger partial charge in [0.1, 0.15) is 17.8 Å². The summed E-state index contributed by atoms with van der Waals surface area (Å²) in [6.07, 6.45) is -5.36. The topological polar surface area (TPSA) is 34.3 Å². The Balaban J connectivity index is 1.51. The number of halogens is 7. The van der Waals surface area contributed by atoms with E-state index in [0.717, 1.165) is 28.0 Å². The van der Waals surface area contributed by atoms with Crippen molar-refractivity contribution < 1.29 is 30.7 Å². The summed E-state index contributed by atoms with van der Waals surface area (Å²) in [5.74, 6) is -2.04. The van der Waals surface area contributed by atoms with Crippen LogP contribution in [0.15, 0.2) is 36.4 Å². The van der Waals surface area contributed by atoms with Crippen LogP contribution in [0.4, 0.5) is 36.4 Å². The smallest absolute Gasteiger partial charge is 0.378 e. The maximum atomic E-state index is 15.6. The molecule has 5 rings (SSSR count). The van der Waals surface area contributed by atoms with Gasteiger partial charge in [0.05, 0.1) is 25.3 Å². The summed E-state index contributed by atoms with van der Waals surface area (Å²) in [5.41, 5.74) is 1.24. The van der Waals surface area contributed by atoms with Crippen molar-refractivity contribution in [1.29, 1.82) is 0 Å². The van der Waals surface area contributed by atoms with Crippen LogP contribution >= 0.6 is 0 Å². The lowest BCUT2D eigenvalue weighted by atomic mass is 9.88. The van der Waals surface area contributed by atoms with E-state index in [0.29, 0.717) is 17.8 Å². The summed E-state index contributed by atoms with van der Waals surface area (Å²) in [6.45, 7) is 0.448. The molecule has 38 heavy (non-hydrogen) atoms. The van der Waals surface area contributed by atoms with Crippen molar-refractivity contribution in [1.82, 2.24) is 14.8 Å². The molecule has 0 spiro atoms. The zero-order chi connectivity index (χ0) is 27.2. The highest BCUT2D eigenvalue weighted by atomic mass is 19.4. The van der Waals surface area contributed by atoms with Gasteiger partial charge < -0.3 is 10.3 Å². The molecular weight excluding hydrogens is 513 g/mol. The summed E-state index contributed by atoms with van der Waals surface area (Å²) in [4.78, 5) is 5.92. The standard InChI is InChI=1S/C27H29F7N4/c1-15-9-18-17-5-2-3-6-22(17)36-25(18)26(38(15)14-27(32,33)34)24-19(29)10-16(11-20(24)30)35-23-13-37(8-4-7-28)12-21(23)31/h2-3,5-6,10-11,15,21,23,26,35-36H,4,7-9,12-14H2,1H3/t15-,21+,23+,26-/m1/s1. The van der Waals surface area contributed by atoms with Gasteiger partial charge in [-0.15, -0.1) is 0 Å². The SMILES string of the molecule is C[C@@H]1Cc2c([nH]c3ccccc23)[C@@H](c2c(F)cc(N[C@H]3CN(CCCF)C[C@@H]3F)cc2F)N1CC(F)(F)F. The number of aromatic nitrogens is 1. The number of nitrogens with one attached hydrogen (secondary N) is 2. The van der Waals surface area contributed by atoms with E-state index >= 15 is 8.78 Å². The third kappa shape index (κ3) is 5.22. The van der Waals surface area contributed by atoms with Crippen LogP contribution in [0.3, 0.4) is 0 Å². The van der Waals surface area contributed by atoms with Gasteiger partial charge in [-0.25, -0.2) is 13.2 Å². The van der Waals surface area contributed by atoms with E-state index in [4.69, 9.17) is 0 Å². The molecule has 11 heteroatoms. The molecule has 1 saturated heterocycles. The van der Waals surface area contributed by atoms with Gasteiger partial charge in [-0.3, -0.25) is 14.2 Å². The second-order valence-electron chi connectivity index (χ2n) is 10.2. The normalized spacial score (nSPS) is 24.7. The highest BCUT2D eigenvalue weighted by Gasteiger charge is 2.44. The van der Waals surface area contributed by atoms with E-state index < -0.39 is 60.9 Å². The number of aromatic amines is 1. The molecule has 0 radical (unpaired) electrons. The number of benzene rings is 2. The van der Waals surface area contributed by atoms with Crippen molar-refractivity contribution in [2.24, 2.45) is 0 Å². The fourth-order valence-corrected chi connectivity index (χ4v) is 5.86. The summed E-state index contributed by atoms with van der Waals surface area (Å²) < 4.78 is 99.1. The molecule has 1 fully saturated rings. The number of hydrogen-bond donors (Lipinski definition) is 2. The fourth-order valence-electron chi connectivity index (χ4n) is 5.86. The van der Waals surface area contributed by atoms with E-state index in [9.17, 15) is 22.0 Å². The molecule has 0 unspecified atom stereocenters. The summed E-state index contributed by atoms with van der Waals surface area (Å²) in [5, 5.41) is 3.62. The third-order valence-corrected chi connectivity index (χ3v) is 7.52. The lowest BCUT2D eigenvalue weighted by Gasteiger charge is -2.41. The highest BCUT2D eigenvalue weighted by Crippen LogP contribution is 2.44. The number of hydrogen-bond acceptors (Lipinski definition) is 3. The maximum Gasteiger partial charge on any atom is 0.401 e. The first-order valence-electron chi connectivity index (χ1n) is 12.7. The van der Waals surface area contributed by atoms with Crippen LogP contribution in [0, 0.1) is 11.6 Å². The number of H-pyrrole nitrogens is 1. The zero-order valence-corrected chi connectivity index (χ0v) is 20.8. The summed E-state index contributed by atoms with van der Waals surface area (Å²) in [6, 6.07) is 6.45. The summed E-state index contributed by atoms with van der Waals surface area (Å²) >= 11 is 0. The lowest BCUT2D eigenvalue weighted by Crippen LogP contribution is -2.47. The predicted octanol–water partition coefficient (Wildman–Crippen LogP) is 6.14. The van der Waals surface area contributed by atoms with Gasteiger partial charge in [0, 0.05) is 53.5 Å². The maximum absolute atomic E-state index is 15.6. The second-order valence-corrected chi connectivity index (χ2v) is 10.2. The first-order valence-corrected chi connectivity index (χ1v) is 12.7. The number of nitrogens with zero attached hydrogens (tertiary/aromatic N) is 2. The van der Waals surface area contributed by atoms with Crippen molar-refractivity contribution >= 4 is 16.6 Å². The molecule has 0 aliphatic carbocycles.